The molecule has 0 amide bonds. The number of rotatable bonds is 43. The molecule has 1 aliphatic heterocycles. The summed E-state index contributed by atoms with van der Waals surface area (Å²) in [5.41, 5.74) is 0. The monoisotopic (exact) mass is 726 g/mol. The van der Waals surface area contributed by atoms with Crippen LogP contribution in [0.3, 0.4) is 0 Å². The third-order valence-electron chi connectivity index (χ3n) is 7.73. The van der Waals surface area contributed by atoms with Crippen LogP contribution in [-0.4, -0.2) is 171 Å². The Morgan fingerprint density at radius 2 is 0.580 bits per heavy atom. The Bertz CT molecular complexity index is 619. The number of ether oxygens (including phenoxy) is 12. The van der Waals surface area contributed by atoms with Crippen LogP contribution in [0.5, 0.6) is 0 Å². The molecular weight excluding hydrogens is 650 g/mol. The number of piperidine rings is 1. The van der Waals surface area contributed by atoms with Gasteiger partial charge >= 0.3 is 0 Å². The number of hydrogen-bond donors (Lipinski definition) is 1. The van der Waals surface area contributed by atoms with E-state index in [1.54, 1.807) is 0 Å². The largest absolute Gasteiger partial charge is 0.379 e. The molecule has 50 heavy (non-hydrogen) atoms. The average Bonchev–Trinajstić information content (AvgIpc) is 3.14. The Morgan fingerprint density at radius 1 is 0.320 bits per heavy atom. The third kappa shape index (κ3) is 38.7. The normalized spacial score (nSPS) is 13.9. The molecule has 1 saturated heterocycles. The molecule has 0 radical (unpaired) electrons. The predicted molar refractivity (Wildman–Crippen MR) is 193 cm³/mol. The van der Waals surface area contributed by atoms with Crippen LogP contribution in [0.1, 0.15) is 71.1 Å². The minimum Gasteiger partial charge on any atom is -0.379 e. The molecule has 0 aromatic rings. The second-order valence-corrected chi connectivity index (χ2v) is 12.0. The van der Waals surface area contributed by atoms with E-state index in [-0.39, 0.29) is 0 Å². The first-order valence-corrected chi connectivity index (χ1v) is 19.6. The lowest BCUT2D eigenvalue weighted by molar-refractivity contribution is -0.0326. The van der Waals surface area contributed by atoms with Crippen LogP contribution < -0.4 is 5.32 Å². The summed E-state index contributed by atoms with van der Waals surface area (Å²) in [5.74, 6) is 0. The summed E-state index contributed by atoms with van der Waals surface area (Å²) in [7, 11) is 0. The highest BCUT2D eigenvalue weighted by molar-refractivity contribution is 4.67. The van der Waals surface area contributed by atoms with Gasteiger partial charge in [0, 0.05) is 6.61 Å². The first kappa shape index (κ1) is 47.5. The molecule has 0 aliphatic carbocycles. The SMILES string of the molecule is CCCCCCCCCCOCCOCCOCCOCCOCCOCCOCCOCCOCCOCCOCCOC1CCNCC1. The maximum atomic E-state index is 5.80. The average molecular weight is 726 g/mol. The van der Waals surface area contributed by atoms with E-state index in [0.717, 1.165) is 39.0 Å². The molecule has 0 saturated carbocycles. The Balaban J connectivity index is 1.59. The molecule has 0 aromatic carbocycles. The molecule has 13 heteroatoms. The fourth-order valence-electron chi connectivity index (χ4n) is 4.88. The summed E-state index contributed by atoms with van der Waals surface area (Å²) in [5, 5.41) is 3.33. The van der Waals surface area contributed by atoms with E-state index < -0.39 is 0 Å². The first-order chi connectivity index (χ1) is 24.9. The van der Waals surface area contributed by atoms with Crippen LogP contribution in [0.15, 0.2) is 0 Å². The zero-order chi connectivity index (χ0) is 35.5. The number of hydrogen-bond acceptors (Lipinski definition) is 13. The highest BCUT2D eigenvalue weighted by Crippen LogP contribution is 2.08. The second kappa shape index (κ2) is 42.9. The summed E-state index contributed by atoms with van der Waals surface area (Å²) in [6.07, 6.45) is 13.1. The Hall–Kier alpha value is -0.520. The minimum absolute atomic E-state index is 0.373. The maximum Gasteiger partial charge on any atom is 0.0704 e. The van der Waals surface area contributed by atoms with E-state index in [0.29, 0.717) is 151 Å². The number of unbranched alkanes of at least 4 members (excludes halogenated alkanes) is 7. The molecule has 300 valence electrons. The van der Waals surface area contributed by atoms with Gasteiger partial charge in [-0.1, -0.05) is 51.9 Å². The highest BCUT2D eigenvalue weighted by Gasteiger charge is 2.12. The highest BCUT2D eigenvalue weighted by atomic mass is 16.6. The maximum absolute atomic E-state index is 5.80. The van der Waals surface area contributed by atoms with Gasteiger partial charge in [0.2, 0.25) is 0 Å². The fraction of sp³-hybridized carbons (Fsp3) is 1.00. The van der Waals surface area contributed by atoms with Crippen molar-refractivity contribution >= 4 is 0 Å². The molecule has 0 bridgehead atoms. The van der Waals surface area contributed by atoms with Gasteiger partial charge in [-0.2, -0.15) is 0 Å². The lowest BCUT2D eigenvalue weighted by Gasteiger charge is -2.22. The van der Waals surface area contributed by atoms with Crippen molar-refractivity contribution in [2.45, 2.75) is 77.2 Å². The van der Waals surface area contributed by atoms with E-state index in [1.807, 2.05) is 0 Å². The fourth-order valence-corrected chi connectivity index (χ4v) is 4.88. The van der Waals surface area contributed by atoms with Gasteiger partial charge in [0.25, 0.3) is 0 Å². The van der Waals surface area contributed by atoms with Gasteiger partial charge in [-0.25, -0.2) is 0 Å². The van der Waals surface area contributed by atoms with Crippen molar-refractivity contribution in [3.63, 3.8) is 0 Å². The van der Waals surface area contributed by atoms with E-state index in [4.69, 9.17) is 56.8 Å². The van der Waals surface area contributed by atoms with Gasteiger partial charge in [0.15, 0.2) is 0 Å². The minimum atomic E-state index is 0.373. The van der Waals surface area contributed by atoms with Gasteiger partial charge in [-0.15, -0.1) is 0 Å². The second-order valence-electron chi connectivity index (χ2n) is 12.0. The lowest BCUT2D eigenvalue weighted by Crippen LogP contribution is -2.33. The zero-order valence-corrected chi connectivity index (χ0v) is 31.7. The lowest BCUT2D eigenvalue weighted by atomic mass is 10.1. The van der Waals surface area contributed by atoms with Crippen molar-refractivity contribution in [3.05, 3.63) is 0 Å². The van der Waals surface area contributed by atoms with Crippen LogP contribution >= 0.6 is 0 Å². The van der Waals surface area contributed by atoms with Crippen LogP contribution in [0.4, 0.5) is 0 Å². The zero-order valence-electron chi connectivity index (χ0n) is 31.7. The molecule has 13 nitrogen and oxygen atoms in total. The first-order valence-electron chi connectivity index (χ1n) is 19.6. The number of nitrogens with one attached hydrogen (secondary N) is 1. The van der Waals surface area contributed by atoms with Gasteiger partial charge in [0.05, 0.1) is 151 Å². The van der Waals surface area contributed by atoms with E-state index in [2.05, 4.69) is 12.2 Å². The molecule has 0 aromatic heterocycles. The molecule has 1 N–H and O–H groups in total. The van der Waals surface area contributed by atoms with Crippen molar-refractivity contribution in [2.75, 3.05) is 165 Å². The topological polar surface area (TPSA) is 123 Å². The van der Waals surface area contributed by atoms with Gasteiger partial charge < -0.3 is 62.2 Å². The van der Waals surface area contributed by atoms with Crippen molar-refractivity contribution in [3.8, 4) is 0 Å². The van der Waals surface area contributed by atoms with E-state index >= 15 is 0 Å². The van der Waals surface area contributed by atoms with Crippen LogP contribution in [0, 0.1) is 0 Å². The summed E-state index contributed by atoms with van der Waals surface area (Å²) < 4.78 is 66.6. The van der Waals surface area contributed by atoms with E-state index in [1.165, 1.54) is 44.9 Å². The summed E-state index contributed by atoms with van der Waals surface area (Å²) >= 11 is 0. The molecule has 1 rings (SSSR count). The van der Waals surface area contributed by atoms with Crippen molar-refractivity contribution in [1.82, 2.24) is 5.32 Å². The van der Waals surface area contributed by atoms with Crippen LogP contribution in [0.25, 0.3) is 0 Å². The van der Waals surface area contributed by atoms with Crippen molar-refractivity contribution in [1.29, 1.82) is 0 Å². The Morgan fingerprint density at radius 3 is 0.900 bits per heavy atom. The molecule has 0 unspecified atom stereocenters. The molecule has 0 atom stereocenters. The molecule has 0 spiro atoms. The van der Waals surface area contributed by atoms with Crippen LogP contribution in [0.2, 0.25) is 0 Å². The molecular formula is C37H75NO12. The van der Waals surface area contributed by atoms with Crippen molar-refractivity contribution < 1.29 is 56.8 Å². The molecule has 1 fully saturated rings. The third-order valence-corrected chi connectivity index (χ3v) is 7.73. The van der Waals surface area contributed by atoms with Crippen molar-refractivity contribution in [2.24, 2.45) is 0 Å². The van der Waals surface area contributed by atoms with Crippen LogP contribution in [-0.2, 0) is 56.8 Å². The summed E-state index contributed by atoms with van der Waals surface area (Å²) in [4.78, 5) is 0. The van der Waals surface area contributed by atoms with Gasteiger partial charge in [-0.3, -0.25) is 0 Å². The predicted octanol–water partition coefficient (Wildman–Crippen LogP) is 4.08. The van der Waals surface area contributed by atoms with E-state index in [9.17, 15) is 0 Å². The Kier molecular flexibility index (Phi) is 40.7. The van der Waals surface area contributed by atoms with Gasteiger partial charge in [0.1, 0.15) is 0 Å². The molecule has 1 aliphatic rings. The quantitative estimate of drug-likeness (QED) is 0.0910. The smallest absolute Gasteiger partial charge is 0.0704 e. The Labute approximate surface area is 304 Å². The standard InChI is InChI=1S/C37H75NO12/c1-2-3-4-5-6-7-8-9-14-39-15-16-40-17-18-41-19-20-42-21-22-43-23-24-44-25-26-45-27-28-46-29-30-47-31-32-48-33-34-49-35-36-50-37-10-12-38-13-11-37/h37-38H,2-36H2,1H3. The van der Waals surface area contributed by atoms with Gasteiger partial charge in [-0.05, 0) is 32.4 Å². The summed E-state index contributed by atoms with van der Waals surface area (Å²) in [6, 6.07) is 0. The molecule has 1 heterocycles. The summed E-state index contributed by atoms with van der Waals surface area (Å²) in [6.45, 7) is 17.4.